The Balaban J connectivity index is 1.81. The second-order valence-electron chi connectivity index (χ2n) is 4.73. The molecule has 1 atom stereocenters. The average molecular weight is 243 g/mol. The number of nitrogen functional groups attached to an aromatic ring is 1. The Kier molecular flexibility index (Phi) is 3.02. The van der Waals surface area contributed by atoms with Crippen molar-refractivity contribution < 1.29 is 4.74 Å². The van der Waals surface area contributed by atoms with E-state index >= 15 is 0 Å². The van der Waals surface area contributed by atoms with Crippen LogP contribution in [-0.4, -0.2) is 24.7 Å². The van der Waals surface area contributed by atoms with E-state index in [1.807, 2.05) is 24.4 Å². The van der Waals surface area contributed by atoms with E-state index in [9.17, 15) is 0 Å². The van der Waals surface area contributed by atoms with Crippen LogP contribution in [0.25, 0.3) is 10.8 Å². The molecule has 4 heteroatoms. The van der Waals surface area contributed by atoms with Crippen LogP contribution in [0.4, 0.5) is 11.4 Å². The molecule has 3 rings (SSSR count). The molecule has 0 spiro atoms. The van der Waals surface area contributed by atoms with Crippen LogP contribution in [0, 0.1) is 5.92 Å². The van der Waals surface area contributed by atoms with Crippen molar-refractivity contribution in [2.45, 2.75) is 6.42 Å². The largest absolute Gasteiger partial charge is 0.397 e. The highest BCUT2D eigenvalue weighted by Gasteiger charge is 2.15. The molecule has 1 fully saturated rings. The summed E-state index contributed by atoms with van der Waals surface area (Å²) in [5.41, 5.74) is 7.98. The van der Waals surface area contributed by atoms with Crippen molar-refractivity contribution in [3.05, 3.63) is 30.6 Å². The van der Waals surface area contributed by atoms with Gasteiger partial charge < -0.3 is 15.8 Å². The minimum absolute atomic E-state index is 0.595. The van der Waals surface area contributed by atoms with Gasteiger partial charge >= 0.3 is 0 Å². The fourth-order valence-corrected chi connectivity index (χ4v) is 2.35. The summed E-state index contributed by atoms with van der Waals surface area (Å²) < 4.78 is 5.37. The van der Waals surface area contributed by atoms with Crippen LogP contribution in [0.3, 0.4) is 0 Å². The van der Waals surface area contributed by atoms with Gasteiger partial charge in [-0.2, -0.15) is 0 Å². The van der Waals surface area contributed by atoms with E-state index in [0.29, 0.717) is 5.92 Å². The normalized spacial score (nSPS) is 19.2. The predicted molar refractivity (Wildman–Crippen MR) is 73.6 cm³/mol. The zero-order valence-electron chi connectivity index (χ0n) is 10.2. The van der Waals surface area contributed by atoms with E-state index in [2.05, 4.69) is 10.3 Å². The topological polar surface area (TPSA) is 60.2 Å². The number of hydrogen-bond acceptors (Lipinski definition) is 4. The van der Waals surface area contributed by atoms with Gasteiger partial charge in [-0.25, -0.2) is 0 Å². The van der Waals surface area contributed by atoms with Gasteiger partial charge in [0.2, 0.25) is 0 Å². The quantitative estimate of drug-likeness (QED) is 0.812. The molecule has 1 aliphatic heterocycles. The number of fused-ring (bicyclic) bond motifs is 1. The van der Waals surface area contributed by atoms with Crippen molar-refractivity contribution >= 4 is 22.1 Å². The molecule has 4 nitrogen and oxygen atoms in total. The molecule has 2 heterocycles. The monoisotopic (exact) mass is 243 g/mol. The first-order valence-corrected chi connectivity index (χ1v) is 6.28. The van der Waals surface area contributed by atoms with E-state index < -0.39 is 0 Å². The lowest BCUT2D eigenvalue weighted by atomic mass is 10.1. The number of pyridine rings is 1. The number of hydrogen-bond donors (Lipinski definition) is 2. The van der Waals surface area contributed by atoms with Crippen molar-refractivity contribution in [3.8, 4) is 0 Å². The van der Waals surface area contributed by atoms with Gasteiger partial charge in [0.05, 0.1) is 18.0 Å². The molecule has 0 saturated carbocycles. The molecule has 1 unspecified atom stereocenters. The number of rotatable bonds is 3. The van der Waals surface area contributed by atoms with Crippen molar-refractivity contribution in [3.63, 3.8) is 0 Å². The zero-order valence-corrected chi connectivity index (χ0v) is 10.2. The molecule has 0 radical (unpaired) electrons. The number of nitrogens with zero attached hydrogens (tertiary/aromatic N) is 1. The van der Waals surface area contributed by atoms with Crippen molar-refractivity contribution in [2.75, 3.05) is 30.8 Å². The number of ether oxygens (including phenoxy) is 1. The smallest absolute Gasteiger partial charge is 0.0630 e. The van der Waals surface area contributed by atoms with Gasteiger partial charge in [-0.3, -0.25) is 4.98 Å². The molecule has 94 valence electrons. The molecule has 2 aromatic rings. The summed E-state index contributed by atoms with van der Waals surface area (Å²) in [7, 11) is 0. The van der Waals surface area contributed by atoms with Crippen LogP contribution < -0.4 is 11.1 Å². The van der Waals surface area contributed by atoms with Crippen LogP contribution in [-0.2, 0) is 4.74 Å². The SMILES string of the molecule is Nc1c(NCC2CCOC2)ccc2cnccc12. The Morgan fingerprint density at radius 1 is 1.39 bits per heavy atom. The third-order valence-corrected chi connectivity index (χ3v) is 3.47. The highest BCUT2D eigenvalue weighted by molar-refractivity contribution is 5.98. The van der Waals surface area contributed by atoms with Crippen LogP contribution in [0.15, 0.2) is 30.6 Å². The maximum absolute atomic E-state index is 6.18. The maximum Gasteiger partial charge on any atom is 0.0630 e. The van der Waals surface area contributed by atoms with Crippen molar-refractivity contribution in [1.29, 1.82) is 0 Å². The Morgan fingerprint density at radius 3 is 3.17 bits per heavy atom. The van der Waals surface area contributed by atoms with Gasteiger partial charge in [-0.1, -0.05) is 6.07 Å². The van der Waals surface area contributed by atoms with Gasteiger partial charge in [0, 0.05) is 42.2 Å². The number of nitrogens with one attached hydrogen (secondary N) is 1. The third-order valence-electron chi connectivity index (χ3n) is 3.47. The predicted octanol–water partition coefficient (Wildman–Crippen LogP) is 2.27. The Morgan fingerprint density at radius 2 is 2.33 bits per heavy atom. The number of aromatic nitrogens is 1. The Bertz CT molecular complexity index is 550. The lowest BCUT2D eigenvalue weighted by molar-refractivity contribution is 0.187. The van der Waals surface area contributed by atoms with Crippen LogP contribution in [0.1, 0.15) is 6.42 Å². The van der Waals surface area contributed by atoms with Crippen LogP contribution >= 0.6 is 0 Å². The van der Waals surface area contributed by atoms with E-state index in [1.54, 1.807) is 6.20 Å². The van der Waals surface area contributed by atoms with Crippen LogP contribution in [0.2, 0.25) is 0 Å². The fourth-order valence-electron chi connectivity index (χ4n) is 2.35. The Labute approximate surface area is 106 Å². The van der Waals surface area contributed by atoms with Gasteiger partial charge in [0.25, 0.3) is 0 Å². The minimum atomic E-state index is 0.595. The summed E-state index contributed by atoms with van der Waals surface area (Å²) in [6, 6.07) is 6.02. The molecule has 0 amide bonds. The molecule has 0 bridgehead atoms. The van der Waals surface area contributed by atoms with Gasteiger partial charge in [0.1, 0.15) is 0 Å². The lowest BCUT2D eigenvalue weighted by Crippen LogP contribution is -2.14. The minimum Gasteiger partial charge on any atom is -0.397 e. The average Bonchev–Trinajstić information content (AvgIpc) is 2.91. The standard InChI is InChI=1S/C14H17N3O/c15-14-12-3-5-16-8-11(12)1-2-13(14)17-7-10-4-6-18-9-10/h1-3,5,8,10,17H,4,6-7,9,15H2. The van der Waals surface area contributed by atoms with E-state index in [-0.39, 0.29) is 0 Å². The molecule has 18 heavy (non-hydrogen) atoms. The summed E-state index contributed by atoms with van der Waals surface area (Å²) >= 11 is 0. The van der Waals surface area contributed by atoms with Gasteiger partial charge in [-0.15, -0.1) is 0 Å². The summed E-state index contributed by atoms with van der Waals surface area (Å²) in [4.78, 5) is 4.10. The molecule has 3 N–H and O–H groups in total. The first kappa shape index (κ1) is 11.3. The molecule has 1 saturated heterocycles. The third kappa shape index (κ3) is 2.11. The first-order valence-electron chi connectivity index (χ1n) is 6.28. The van der Waals surface area contributed by atoms with Crippen molar-refractivity contribution in [1.82, 2.24) is 4.98 Å². The molecular formula is C14H17N3O. The second-order valence-corrected chi connectivity index (χ2v) is 4.73. The fraction of sp³-hybridized carbons (Fsp3) is 0.357. The summed E-state index contributed by atoms with van der Waals surface area (Å²) in [5.74, 6) is 0.595. The molecular weight excluding hydrogens is 226 g/mol. The highest BCUT2D eigenvalue weighted by atomic mass is 16.5. The molecule has 0 aliphatic carbocycles. The van der Waals surface area contributed by atoms with Gasteiger partial charge in [-0.05, 0) is 18.6 Å². The van der Waals surface area contributed by atoms with Crippen molar-refractivity contribution in [2.24, 2.45) is 5.92 Å². The molecule has 1 aromatic carbocycles. The second kappa shape index (κ2) is 4.82. The van der Waals surface area contributed by atoms with E-state index in [4.69, 9.17) is 10.5 Å². The highest BCUT2D eigenvalue weighted by Crippen LogP contribution is 2.28. The number of nitrogens with two attached hydrogens (primary N) is 1. The number of anilines is 2. The summed E-state index contributed by atoms with van der Waals surface area (Å²) in [5, 5.41) is 5.55. The zero-order chi connectivity index (χ0) is 12.4. The lowest BCUT2D eigenvalue weighted by Gasteiger charge is -2.14. The van der Waals surface area contributed by atoms with E-state index in [0.717, 1.165) is 48.3 Å². The Hall–Kier alpha value is -1.81. The maximum atomic E-state index is 6.18. The molecule has 1 aliphatic rings. The molecule has 1 aromatic heterocycles. The number of benzene rings is 1. The van der Waals surface area contributed by atoms with Gasteiger partial charge in [0.15, 0.2) is 0 Å². The summed E-state index contributed by atoms with van der Waals surface area (Å²) in [6.45, 7) is 2.65. The van der Waals surface area contributed by atoms with Crippen LogP contribution in [0.5, 0.6) is 0 Å². The van der Waals surface area contributed by atoms with E-state index in [1.165, 1.54) is 0 Å². The first-order chi connectivity index (χ1) is 8.84. The summed E-state index contributed by atoms with van der Waals surface area (Å²) in [6.07, 6.45) is 4.73.